The number of sulfone groups is 1. The monoisotopic (exact) mass is 501 g/mol. The van der Waals surface area contributed by atoms with Gasteiger partial charge in [0, 0.05) is 17.3 Å². The first-order valence-corrected chi connectivity index (χ1v) is 12.2. The molecule has 4 N–H and O–H groups in total. The number of aliphatic hydroxyl groups excluding tert-OH is 2. The Hall–Kier alpha value is -2.11. The maximum Gasteiger partial charge on any atom is 0.255 e. The van der Waals surface area contributed by atoms with Crippen LogP contribution in [0.2, 0.25) is 5.02 Å². The van der Waals surface area contributed by atoms with E-state index in [2.05, 4.69) is 5.32 Å². The molecular formula is C22H22ClF2NO6S. The van der Waals surface area contributed by atoms with E-state index in [1.54, 1.807) is 0 Å². The summed E-state index contributed by atoms with van der Waals surface area (Å²) in [6.45, 7) is -0.623. The van der Waals surface area contributed by atoms with Crippen molar-refractivity contribution < 1.29 is 37.3 Å². The molecule has 2 bridgehead atoms. The van der Waals surface area contributed by atoms with Crippen molar-refractivity contribution in [1.29, 1.82) is 0 Å². The summed E-state index contributed by atoms with van der Waals surface area (Å²) in [6.07, 6.45) is -0.650. The minimum absolute atomic E-state index is 0.00708. The fraction of sp³-hybridized carbons (Fsp3) is 0.409. The predicted molar refractivity (Wildman–Crippen MR) is 116 cm³/mol. The average molecular weight is 502 g/mol. The quantitative estimate of drug-likeness (QED) is 0.482. The van der Waals surface area contributed by atoms with Crippen LogP contribution in [0.25, 0.3) is 0 Å². The van der Waals surface area contributed by atoms with Crippen LogP contribution in [0.4, 0.5) is 14.5 Å². The Bertz CT molecular complexity index is 1200. The number of halogens is 3. The lowest BCUT2D eigenvalue weighted by Gasteiger charge is -2.59. The zero-order chi connectivity index (χ0) is 24.1. The number of fused-ring (bicyclic) bond motifs is 2. The summed E-state index contributed by atoms with van der Waals surface area (Å²) in [6, 6.07) is 6.53. The fourth-order valence-corrected chi connectivity index (χ4v) is 7.36. The van der Waals surface area contributed by atoms with E-state index in [0.717, 1.165) is 18.2 Å². The molecule has 3 unspecified atom stereocenters. The smallest absolute Gasteiger partial charge is 0.255 e. The van der Waals surface area contributed by atoms with Crippen LogP contribution in [0.3, 0.4) is 0 Å². The van der Waals surface area contributed by atoms with Gasteiger partial charge in [-0.1, -0.05) is 11.6 Å². The normalized spacial score (nSPS) is 27.5. The zero-order valence-electron chi connectivity index (χ0n) is 17.2. The number of benzene rings is 2. The first-order valence-electron chi connectivity index (χ1n) is 10.3. The third-order valence-corrected chi connectivity index (χ3v) is 9.45. The van der Waals surface area contributed by atoms with E-state index >= 15 is 0 Å². The topological polar surface area (TPSA) is 124 Å². The van der Waals surface area contributed by atoms with E-state index < -0.39 is 62.8 Å². The lowest BCUT2D eigenvalue weighted by Crippen LogP contribution is -2.68. The first-order chi connectivity index (χ1) is 15.5. The summed E-state index contributed by atoms with van der Waals surface area (Å²) in [4.78, 5) is 12.3. The van der Waals surface area contributed by atoms with Crippen LogP contribution in [-0.2, 0) is 9.84 Å². The number of rotatable bonds is 6. The molecule has 0 aromatic heterocycles. The van der Waals surface area contributed by atoms with Gasteiger partial charge in [-0.25, -0.2) is 17.2 Å². The average Bonchev–Trinajstić information content (AvgIpc) is 2.80. The molecular weight excluding hydrogens is 480 g/mol. The summed E-state index contributed by atoms with van der Waals surface area (Å²) in [5.41, 5.74) is -1.57. The molecule has 3 aliphatic rings. The van der Waals surface area contributed by atoms with Crippen LogP contribution >= 0.6 is 11.6 Å². The zero-order valence-corrected chi connectivity index (χ0v) is 18.8. The van der Waals surface area contributed by atoms with Crippen LogP contribution in [0, 0.1) is 23.5 Å². The minimum Gasteiger partial charge on any atom is -0.394 e. The van der Waals surface area contributed by atoms with Crippen molar-refractivity contribution in [2.75, 3.05) is 11.9 Å². The molecule has 33 heavy (non-hydrogen) atoms. The summed E-state index contributed by atoms with van der Waals surface area (Å²) in [5, 5.41) is 31.4. The van der Waals surface area contributed by atoms with Gasteiger partial charge < -0.3 is 20.6 Å². The Morgan fingerprint density at radius 1 is 1.12 bits per heavy atom. The lowest BCUT2D eigenvalue weighted by molar-refractivity contribution is -0.237. The van der Waals surface area contributed by atoms with Crippen molar-refractivity contribution in [3.05, 3.63) is 58.6 Å². The van der Waals surface area contributed by atoms with E-state index in [9.17, 15) is 37.3 Å². The highest BCUT2D eigenvalue weighted by atomic mass is 35.5. The number of nitrogens with one attached hydrogen (secondary N) is 1. The number of hydrogen-bond acceptors (Lipinski definition) is 6. The predicted octanol–water partition coefficient (Wildman–Crippen LogP) is 2.53. The molecule has 0 saturated heterocycles. The Kier molecular flexibility index (Phi) is 6.25. The maximum atomic E-state index is 13.4. The Balaban J connectivity index is 1.56. The van der Waals surface area contributed by atoms with Gasteiger partial charge >= 0.3 is 0 Å². The Labute approximate surface area is 193 Å². The molecule has 3 atom stereocenters. The SMILES string of the molecule is O=C(Nc1ccc(F)c(F)c1)c1ccc(Cl)c(S(=O)(=O)C2CC3CC(C2)C3(O)C(O)CO)c1. The molecule has 0 aliphatic heterocycles. The molecule has 0 radical (unpaired) electrons. The van der Waals surface area contributed by atoms with Gasteiger partial charge in [0.25, 0.3) is 5.91 Å². The van der Waals surface area contributed by atoms with Gasteiger partial charge in [0.1, 0.15) is 6.10 Å². The number of hydrogen-bond donors (Lipinski definition) is 4. The van der Waals surface area contributed by atoms with Crippen molar-refractivity contribution in [3.8, 4) is 0 Å². The summed E-state index contributed by atoms with van der Waals surface area (Å²) in [5.74, 6) is -3.93. The van der Waals surface area contributed by atoms with E-state index in [0.29, 0.717) is 6.42 Å². The lowest BCUT2D eigenvalue weighted by atomic mass is 9.52. The second-order valence-corrected chi connectivity index (χ2v) is 11.2. The van der Waals surface area contributed by atoms with Crippen LogP contribution in [0.1, 0.15) is 29.6 Å². The molecule has 1 amide bonds. The molecule has 2 aromatic rings. The molecule has 3 aliphatic carbocycles. The maximum absolute atomic E-state index is 13.4. The van der Waals surface area contributed by atoms with E-state index in [1.807, 2.05) is 0 Å². The van der Waals surface area contributed by atoms with Crippen molar-refractivity contribution in [1.82, 2.24) is 0 Å². The van der Waals surface area contributed by atoms with Gasteiger partial charge in [-0.3, -0.25) is 4.79 Å². The third kappa shape index (κ3) is 4.04. The highest BCUT2D eigenvalue weighted by Crippen LogP contribution is 2.57. The van der Waals surface area contributed by atoms with Crippen LogP contribution in [0.5, 0.6) is 0 Å². The van der Waals surface area contributed by atoms with Crippen LogP contribution < -0.4 is 5.32 Å². The Morgan fingerprint density at radius 2 is 1.79 bits per heavy atom. The number of carbonyl (C=O) groups excluding carboxylic acids is 1. The first kappa shape index (κ1) is 24.0. The van der Waals surface area contributed by atoms with E-state index in [-0.39, 0.29) is 34.0 Å². The highest BCUT2D eigenvalue weighted by Gasteiger charge is 2.63. The van der Waals surface area contributed by atoms with Gasteiger partial charge in [-0.2, -0.15) is 0 Å². The van der Waals surface area contributed by atoms with Gasteiger partial charge in [-0.05, 0) is 61.4 Å². The summed E-state index contributed by atoms with van der Waals surface area (Å²) in [7, 11) is -4.00. The number of anilines is 1. The highest BCUT2D eigenvalue weighted by molar-refractivity contribution is 7.92. The molecule has 7 nitrogen and oxygen atoms in total. The van der Waals surface area contributed by atoms with Crippen LogP contribution in [0.15, 0.2) is 41.3 Å². The molecule has 0 spiro atoms. The summed E-state index contributed by atoms with van der Waals surface area (Å²) >= 11 is 6.16. The molecule has 3 saturated carbocycles. The summed E-state index contributed by atoms with van der Waals surface area (Å²) < 4.78 is 53.2. The molecule has 0 heterocycles. The Morgan fingerprint density at radius 3 is 2.39 bits per heavy atom. The van der Waals surface area contributed by atoms with Crippen molar-refractivity contribution >= 4 is 33.0 Å². The third-order valence-electron chi connectivity index (χ3n) is 6.79. The van der Waals surface area contributed by atoms with Gasteiger partial charge in [0.2, 0.25) is 0 Å². The molecule has 3 fully saturated rings. The van der Waals surface area contributed by atoms with E-state index in [4.69, 9.17) is 11.6 Å². The molecule has 2 aromatic carbocycles. The van der Waals surface area contributed by atoms with Crippen molar-refractivity contribution in [3.63, 3.8) is 0 Å². The fourth-order valence-electron chi connectivity index (χ4n) is 4.96. The van der Waals surface area contributed by atoms with Gasteiger partial charge in [-0.15, -0.1) is 0 Å². The number of carbonyl (C=O) groups is 1. The second-order valence-electron chi connectivity index (χ2n) is 8.58. The van der Waals surface area contributed by atoms with Crippen molar-refractivity contribution in [2.24, 2.45) is 11.8 Å². The molecule has 5 rings (SSSR count). The second kappa shape index (κ2) is 8.59. The molecule has 11 heteroatoms. The van der Waals surface area contributed by atoms with Crippen molar-refractivity contribution in [2.45, 2.75) is 41.1 Å². The number of amides is 1. The van der Waals surface area contributed by atoms with Gasteiger partial charge in [0.15, 0.2) is 21.5 Å². The molecule has 178 valence electrons. The largest absolute Gasteiger partial charge is 0.394 e. The van der Waals surface area contributed by atoms with Gasteiger partial charge in [0.05, 0.1) is 27.4 Å². The number of aliphatic hydroxyl groups is 3. The van der Waals surface area contributed by atoms with E-state index in [1.165, 1.54) is 18.2 Å². The standard InChI is InChI=1S/C22H22ClF2NO6S/c23-16-3-1-11(21(29)26-14-2-4-17(24)18(25)9-14)5-19(16)33(31,32)15-7-12-6-13(8-15)22(12,30)20(28)10-27/h1-5,9,12-13,15,20,27-28,30H,6-8,10H2,(H,26,29). The van der Waals surface area contributed by atoms with Crippen LogP contribution in [-0.4, -0.2) is 53.2 Å². The minimum atomic E-state index is -4.00.